The summed E-state index contributed by atoms with van der Waals surface area (Å²) in [5, 5.41) is 3.31. The Labute approximate surface area is 171 Å². The van der Waals surface area contributed by atoms with Gasteiger partial charge in [0.2, 0.25) is 0 Å². The number of rotatable bonds is 3. The van der Waals surface area contributed by atoms with E-state index >= 15 is 0 Å². The number of aromatic nitrogens is 2. The fourth-order valence-corrected chi connectivity index (χ4v) is 4.05. The number of H-pyrrole nitrogens is 1. The summed E-state index contributed by atoms with van der Waals surface area (Å²) in [6.07, 6.45) is 3.15. The van der Waals surface area contributed by atoms with Crippen molar-refractivity contribution in [3.05, 3.63) is 53.6 Å². The van der Waals surface area contributed by atoms with Crippen molar-refractivity contribution in [1.29, 1.82) is 0 Å². The van der Waals surface area contributed by atoms with Gasteiger partial charge in [0, 0.05) is 19.6 Å². The van der Waals surface area contributed by atoms with Crippen molar-refractivity contribution in [2.75, 3.05) is 26.7 Å². The van der Waals surface area contributed by atoms with Crippen LogP contribution in [0.2, 0.25) is 0 Å². The van der Waals surface area contributed by atoms with Gasteiger partial charge in [0.05, 0.1) is 24.3 Å². The molecule has 148 valence electrons. The van der Waals surface area contributed by atoms with Crippen LogP contribution in [0.3, 0.4) is 0 Å². The minimum absolute atomic E-state index is 0. The van der Waals surface area contributed by atoms with E-state index in [0.29, 0.717) is 25.9 Å². The number of hydrogen-bond acceptors (Lipinski definition) is 4. The Kier molecular flexibility index (Phi) is 7.28. The number of ether oxygens (including phenoxy) is 1. The molecule has 0 aliphatic carbocycles. The average Bonchev–Trinajstić information content (AvgIpc) is 3.16. The monoisotopic (exact) mass is 412 g/mol. The van der Waals surface area contributed by atoms with Crippen LogP contribution in [0.1, 0.15) is 35.7 Å². The normalized spacial score (nSPS) is 20.8. The number of carbonyl (C=O) groups excluding carboxylic acids is 1. The molecule has 1 amide bonds. The molecule has 0 spiro atoms. The fraction of sp³-hybridized carbons (Fsp3) is 0.474. The number of piperidine rings is 1. The molecule has 1 saturated heterocycles. The molecule has 0 radical (unpaired) electrons. The number of imidazole rings is 1. The number of halogens is 2. The zero-order valence-electron chi connectivity index (χ0n) is 15.3. The van der Waals surface area contributed by atoms with Crippen molar-refractivity contribution in [1.82, 2.24) is 20.2 Å². The van der Waals surface area contributed by atoms with Crippen LogP contribution < -0.4 is 5.32 Å². The van der Waals surface area contributed by atoms with E-state index in [1.54, 1.807) is 13.4 Å². The highest BCUT2D eigenvalue weighted by Gasteiger charge is 2.44. The number of benzene rings is 1. The molecular formula is C19H26Cl2N4O2. The summed E-state index contributed by atoms with van der Waals surface area (Å²) in [7, 11) is 1.66. The van der Waals surface area contributed by atoms with E-state index in [2.05, 4.69) is 27.4 Å². The second-order valence-corrected chi connectivity index (χ2v) is 6.86. The number of aromatic amines is 1. The molecule has 1 fully saturated rings. The van der Waals surface area contributed by atoms with Gasteiger partial charge >= 0.3 is 0 Å². The molecule has 1 aromatic carbocycles. The van der Waals surface area contributed by atoms with E-state index in [-0.39, 0.29) is 36.6 Å². The molecule has 27 heavy (non-hydrogen) atoms. The van der Waals surface area contributed by atoms with Crippen LogP contribution in [0.15, 0.2) is 36.7 Å². The second kappa shape index (κ2) is 9.06. The number of methoxy groups -OCH3 is 1. The quantitative estimate of drug-likeness (QED) is 0.812. The third-order valence-electron chi connectivity index (χ3n) is 5.51. The van der Waals surface area contributed by atoms with Gasteiger partial charge < -0.3 is 19.9 Å². The summed E-state index contributed by atoms with van der Waals surface area (Å²) in [5.41, 5.74) is 2.55. The Morgan fingerprint density at radius 3 is 2.59 bits per heavy atom. The van der Waals surface area contributed by atoms with Gasteiger partial charge in [0.1, 0.15) is 5.60 Å². The number of hydrogen-bond donors (Lipinski definition) is 2. The maximum Gasteiger partial charge on any atom is 0.255 e. The van der Waals surface area contributed by atoms with E-state index < -0.39 is 5.60 Å². The van der Waals surface area contributed by atoms with Crippen molar-refractivity contribution >= 4 is 30.7 Å². The summed E-state index contributed by atoms with van der Waals surface area (Å²) < 4.78 is 5.75. The van der Waals surface area contributed by atoms with Crippen LogP contribution in [0.4, 0.5) is 0 Å². The van der Waals surface area contributed by atoms with Crippen LogP contribution in [0.25, 0.3) is 0 Å². The number of amides is 1. The van der Waals surface area contributed by atoms with E-state index in [4.69, 9.17) is 4.74 Å². The van der Waals surface area contributed by atoms with Gasteiger partial charge in [0.25, 0.3) is 5.91 Å². The molecule has 1 aromatic heterocycles. The molecule has 8 heteroatoms. The van der Waals surface area contributed by atoms with Gasteiger partial charge in [-0.2, -0.15) is 0 Å². The van der Waals surface area contributed by atoms with E-state index in [1.165, 1.54) is 5.56 Å². The zero-order chi connectivity index (χ0) is 17.3. The van der Waals surface area contributed by atoms with Crippen molar-refractivity contribution in [2.24, 2.45) is 0 Å². The fourth-order valence-electron chi connectivity index (χ4n) is 4.05. The lowest BCUT2D eigenvalue weighted by molar-refractivity contribution is -0.159. The summed E-state index contributed by atoms with van der Waals surface area (Å²) >= 11 is 0. The first-order valence-electron chi connectivity index (χ1n) is 8.86. The molecule has 2 N–H and O–H groups in total. The first-order valence-corrected chi connectivity index (χ1v) is 8.86. The predicted molar refractivity (Wildman–Crippen MR) is 109 cm³/mol. The number of fused-ring (bicyclic) bond motifs is 1. The Balaban J connectivity index is 0.00000131. The molecule has 0 saturated carbocycles. The molecule has 1 atom stereocenters. The topological polar surface area (TPSA) is 70.2 Å². The Bertz CT molecular complexity index is 747. The molecule has 6 nitrogen and oxygen atoms in total. The summed E-state index contributed by atoms with van der Waals surface area (Å²) in [4.78, 5) is 23.0. The summed E-state index contributed by atoms with van der Waals surface area (Å²) in [6, 6.07) is 10.3. The molecule has 1 unspecified atom stereocenters. The van der Waals surface area contributed by atoms with Crippen LogP contribution in [-0.4, -0.2) is 53.1 Å². The molecule has 3 heterocycles. The third-order valence-corrected chi connectivity index (χ3v) is 5.51. The van der Waals surface area contributed by atoms with E-state index in [9.17, 15) is 4.79 Å². The maximum atomic E-state index is 13.4. The van der Waals surface area contributed by atoms with Crippen LogP contribution in [0.5, 0.6) is 0 Å². The standard InChI is InChI=1S/C19H24N4O2.2ClH/c1-25-19(7-9-20-10-8-19)18(24)23-11-15(14-5-3-2-4-6-14)17-16(12-23)21-13-22-17;;/h2-6,13,15,20H,7-12H2,1H3,(H,21,22);2*1H. The largest absolute Gasteiger partial charge is 0.368 e. The smallest absolute Gasteiger partial charge is 0.255 e. The molecule has 2 aliphatic rings. The molecule has 4 rings (SSSR count). The number of nitrogens with zero attached hydrogens (tertiary/aromatic N) is 2. The Morgan fingerprint density at radius 2 is 1.93 bits per heavy atom. The maximum absolute atomic E-state index is 13.4. The Hall–Kier alpha value is -1.60. The van der Waals surface area contributed by atoms with Gasteiger partial charge in [-0.25, -0.2) is 4.98 Å². The van der Waals surface area contributed by atoms with Gasteiger partial charge in [-0.05, 0) is 31.5 Å². The predicted octanol–water partition coefficient (Wildman–Crippen LogP) is 2.50. The van der Waals surface area contributed by atoms with Crippen LogP contribution >= 0.6 is 24.8 Å². The molecule has 2 aromatic rings. The lowest BCUT2D eigenvalue weighted by Gasteiger charge is -2.41. The van der Waals surface area contributed by atoms with Crippen molar-refractivity contribution in [2.45, 2.75) is 30.9 Å². The number of carbonyl (C=O) groups is 1. The van der Waals surface area contributed by atoms with Gasteiger partial charge in [0.15, 0.2) is 0 Å². The average molecular weight is 413 g/mol. The van der Waals surface area contributed by atoms with Gasteiger partial charge in [-0.3, -0.25) is 4.79 Å². The highest BCUT2D eigenvalue weighted by atomic mass is 35.5. The van der Waals surface area contributed by atoms with Gasteiger partial charge in [-0.15, -0.1) is 24.8 Å². The van der Waals surface area contributed by atoms with Crippen LogP contribution in [0, 0.1) is 0 Å². The zero-order valence-corrected chi connectivity index (χ0v) is 16.9. The first kappa shape index (κ1) is 21.7. The minimum Gasteiger partial charge on any atom is -0.368 e. The highest BCUT2D eigenvalue weighted by molar-refractivity contribution is 5.86. The molecular weight excluding hydrogens is 387 g/mol. The lowest BCUT2D eigenvalue weighted by atomic mass is 9.87. The van der Waals surface area contributed by atoms with Crippen molar-refractivity contribution in [3.63, 3.8) is 0 Å². The summed E-state index contributed by atoms with van der Waals surface area (Å²) in [5.74, 6) is 0.188. The Morgan fingerprint density at radius 1 is 1.22 bits per heavy atom. The van der Waals surface area contributed by atoms with Crippen molar-refractivity contribution < 1.29 is 9.53 Å². The van der Waals surface area contributed by atoms with E-state index in [0.717, 1.165) is 24.5 Å². The van der Waals surface area contributed by atoms with E-state index in [1.807, 2.05) is 23.1 Å². The minimum atomic E-state index is -0.704. The lowest BCUT2D eigenvalue weighted by Crippen LogP contribution is -2.56. The highest BCUT2D eigenvalue weighted by Crippen LogP contribution is 2.34. The SMILES string of the molecule is COC1(C(=O)N2Cc3[nH]cnc3C(c3ccccc3)C2)CCNCC1.Cl.Cl. The van der Waals surface area contributed by atoms with Crippen molar-refractivity contribution in [3.8, 4) is 0 Å². The number of nitrogens with one attached hydrogen (secondary N) is 2. The summed E-state index contributed by atoms with van der Waals surface area (Å²) in [6.45, 7) is 2.82. The first-order chi connectivity index (χ1) is 12.2. The van der Waals surface area contributed by atoms with Gasteiger partial charge in [-0.1, -0.05) is 30.3 Å². The molecule has 0 bridgehead atoms. The third kappa shape index (κ3) is 3.99. The van der Waals surface area contributed by atoms with Crippen LogP contribution in [-0.2, 0) is 16.1 Å². The molecule has 2 aliphatic heterocycles. The second-order valence-electron chi connectivity index (χ2n) is 6.86.